The van der Waals surface area contributed by atoms with Crippen molar-refractivity contribution < 1.29 is 4.92 Å². The second kappa shape index (κ2) is 5.29. The number of benzene rings is 1. The second-order valence-electron chi connectivity index (χ2n) is 3.87. The van der Waals surface area contributed by atoms with E-state index >= 15 is 0 Å². The number of nitrogens with zero attached hydrogens (tertiary/aromatic N) is 1. The third kappa shape index (κ3) is 2.75. The first-order valence-electron chi connectivity index (χ1n) is 5.34. The molecule has 2 rings (SSSR count). The molecule has 1 aromatic carbocycles. The summed E-state index contributed by atoms with van der Waals surface area (Å²) in [5.74, 6) is 0. The van der Waals surface area contributed by atoms with Gasteiger partial charge >= 0.3 is 0 Å². The Labute approximate surface area is 113 Å². The van der Waals surface area contributed by atoms with Crippen molar-refractivity contribution in [2.24, 2.45) is 5.73 Å². The lowest BCUT2D eigenvalue weighted by Crippen LogP contribution is -2.20. The first kappa shape index (κ1) is 12.7. The van der Waals surface area contributed by atoms with E-state index in [1.807, 2.05) is 18.2 Å². The summed E-state index contributed by atoms with van der Waals surface area (Å²) >= 11 is 3.36. The van der Waals surface area contributed by atoms with Gasteiger partial charge in [-0.25, -0.2) is 0 Å². The van der Waals surface area contributed by atoms with E-state index in [0.717, 1.165) is 10.1 Å². The third-order valence-electron chi connectivity index (χ3n) is 2.61. The van der Waals surface area contributed by atoms with Gasteiger partial charge in [0.15, 0.2) is 0 Å². The van der Waals surface area contributed by atoms with Crippen molar-refractivity contribution >= 4 is 27.7 Å². The highest BCUT2D eigenvalue weighted by Crippen LogP contribution is 2.25. The van der Waals surface area contributed by atoms with Crippen LogP contribution in [0.5, 0.6) is 0 Å². The van der Waals surface area contributed by atoms with Crippen LogP contribution in [-0.4, -0.2) is 11.0 Å². The van der Waals surface area contributed by atoms with E-state index in [1.54, 1.807) is 24.3 Å². The summed E-state index contributed by atoms with van der Waals surface area (Å²) in [7, 11) is 0. The van der Waals surface area contributed by atoms with Crippen molar-refractivity contribution in [2.75, 3.05) is 0 Å². The average Bonchev–Trinajstić information content (AvgIpc) is 2.34. The number of nitrogens with two attached hydrogens (primary N) is 1. The molecule has 1 aliphatic rings. The van der Waals surface area contributed by atoms with Crippen LogP contribution in [0.2, 0.25) is 0 Å². The number of hydrogen-bond donors (Lipinski definition) is 1. The van der Waals surface area contributed by atoms with Crippen molar-refractivity contribution in [3.63, 3.8) is 0 Å². The Kier molecular flexibility index (Phi) is 3.74. The quantitative estimate of drug-likeness (QED) is 0.674. The van der Waals surface area contributed by atoms with Crippen LogP contribution in [-0.2, 0) is 0 Å². The van der Waals surface area contributed by atoms with Gasteiger partial charge in [0.1, 0.15) is 0 Å². The van der Waals surface area contributed by atoms with Crippen molar-refractivity contribution in [2.45, 2.75) is 6.04 Å². The standard InChI is InChI=1S/C13H11BrN2O2/c14-11-5-6-12(15)10(8-11)7-9-3-1-2-4-13(9)16(17)18/h1-8,12H,15H2/b10-7+. The van der Waals surface area contributed by atoms with Gasteiger partial charge in [-0.1, -0.05) is 40.2 Å². The SMILES string of the molecule is NC1C=CC(Br)=C/C1=C\c1ccccc1[N+](=O)[O-]. The molecule has 1 unspecified atom stereocenters. The third-order valence-corrected chi connectivity index (χ3v) is 3.10. The zero-order valence-electron chi connectivity index (χ0n) is 9.42. The summed E-state index contributed by atoms with van der Waals surface area (Å²) in [6, 6.07) is 6.36. The highest BCUT2D eigenvalue weighted by Gasteiger charge is 2.14. The molecule has 4 nitrogen and oxygen atoms in total. The summed E-state index contributed by atoms with van der Waals surface area (Å²) in [5, 5.41) is 10.9. The molecule has 0 radical (unpaired) electrons. The molecule has 1 aromatic rings. The fourth-order valence-corrected chi connectivity index (χ4v) is 2.12. The zero-order chi connectivity index (χ0) is 13.1. The molecular weight excluding hydrogens is 296 g/mol. The molecule has 18 heavy (non-hydrogen) atoms. The van der Waals surface area contributed by atoms with Crippen molar-refractivity contribution in [3.8, 4) is 0 Å². The van der Waals surface area contributed by atoms with Gasteiger partial charge in [-0.3, -0.25) is 10.1 Å². The first-order chi connectivity index (χ1) is 8.58. The molecule has 0 saturated carbocycles. The van der Waals surface area contributed by atoms with Gasteiger partial charge in [0.2, 0.25) is 0 Å². The molecule has 0 amide bonds. The number of nitro groups is 1. The van der Waals surface area contributed by atoms with E-state index in [1.165, 1.54) is 6.07 Å². The highest BCUT2D eigenvalue weighted by molar-refractivity contribution is 9.11. The van der Waals surface area contributed by atoms with Gasteiger partial charge in [0.05, 0.1) is 10.5 Å². The molecule has 0 bridgehead atoms. The molecule has 2 N–H and O–H groups in total. The van der Waals surface area contributed by atoms with E-state index in [2.05, 4.69) is 15.9 Å². The summed E-state index contributed by atoms with van der Waals surface area (Å²) in [5.41, 5.74) is 7.39. The van der Waals surface area contributed by atoms with E-state index in [9.17, 15) is 10.1 Å². The second-order valence-corrected chi connectivity index (χ2v) is 4.79. The fraction of sp³-hybridized carbons (Fsp3) is 0.0769. The number of rotatable bonds is 2. The molecule has 0 aliphatic heterocycles. The van der Waals surface area contributed by atoms with Crippen molar-refractivity contribution in [1.29, 1.82) is 0 Å². The lowest BCUT2D eigenvalue weighted by atomic mass is 9.99. The smallest absolute Gasteiger partial charge is 0.276 e. The summed E-state index contributed by atoms with van der Waals surface area (Å²) < 4.78 is 0.897. The molecule has 0 heterocycles. The van der Waals surface area contributed by atoms with E-state index in [0.29, 0.717) is 5.56 Å². The Morgan fingerprint density at radius 3 is 2.83 bits per heavy atom. The lowest BCUT2D eigenvalue weighted by Gasteiger charge is -2.13. The number of halogens is 1. The minimum Gasteiger partial charge on any atom is -0.321 e. The Balaban J connectivity index is 2.45. The van der Waals surface area contributed by atoms with Crippen LogP contribution in [0.1, 0.15) is 5.56 Å². The molecule has 1 atom stereocenters. The largest absolute Gasteiger partial charge is 0.321 e. The molecule has 0 spiro atoms. The molecule has 92 valence electrons. The highest BCUT2D eigenvalue weighted by atomic mass is 79.9. The lowest BCUT2D eigenvalue weighted by molar-refractivity contribution is -0.385. The van der Waals surface area contributed by atoms with E-state index in [-0.39, 0.29) is 11.7 Å². The van der Waals surface area contributed by atoms with Crippen LogP contribution < -0.4 is 5.73 Å². The Bertz CT molecular complexity index is 576. The minimum absolute atomic E-state index is 0.0799. The van der Waals surface area contributed by atoms with Crippen LogP contribution in [0.3, 0.4) is 0 Å². The normalized spacial score (nSPS) is 20.9. The van der Waals surface area contributed by atoms with Crippen molar-refractivity contribution in [1.82, 2.24) is 0 Å². The van der Waals surface area contributed by atoms with Gasteiger partial charge in [0, 0.05) is 16.6 Å². The number of allylic oxidation sites excluding steroid dienone is 2. The van der Waals surface area contributed by atoms with Crippen LogP contribution >= 0.6 is 15.9 Å². The van der Waals surface area contributed by atoms with Crippen LogP contribution in [0.25, 0.3) is 6.08 Å². The Hall–Kier alpha value is -1.72. The van der Waals surface area contributed by atoms with Crippen molar-refractivity contribution in [3.05, 3.63) is 68.2 Å². The first-order valence-corrected chi connectivity index (χ1v) is 6.13. The minimum atomic E-state index is -0.394. The summed E-state index contributed by atoms with van der Waals surface area (Å²) in [4.78, 5) is 10.5. The number of para-hydroxylation sites is 1. The molecule has 0 saturated heterocycles. The zero-order valence-corrected chi connectivity index (χ0v) is 11.0. The maximum absolute atomic E-state index is 10.9. The van der Waals surface area contributed by atoms with Crippen LogP contribution in [0.4, 0.5) is 5.69 Å². The van der Waals surface area contributed by atoms with Crippen LogP contribution in [0, 0.1) is 10.1 Å². The van der Waals surface area contributed by atoms with Gasteiger partial charge in [-0.05, 0) is 23.8 Å². The predicted molar refractivity (Wildman–Crippen MR) is 75.2 cm³/mol. The van der Waals surface area contributed by atoms with Crippen LogP contribution in [0.15, 0.2) is 52.5 Å². The van der Waals surface area contributed by atoms with Gasteiger partial charge in [0.25, 0.3) is 5.69 Å². The average molecular weight is 307 g/mol. The maximum atomic E-state index is 10.9. The fourth-order valence-electron chi connectivity index (χ4n) is 1.70. The maximum Gasteiger partial charge on any atom is 0.276 e. The topological polar surface area (TPSA) is 69.2 Å². The monoisotopic (exact) mass is 306 g/mol. The molecular formula is C13H11BrN2O2. The molecule has 1 aliphatic carbocycles. The van der Waals surface area contributed by atoms with E-state index < -0.39 is 4.92 Å². The Morgan fingerprint density at radius 1 is 1.39 bits per heavy atom. The molecule has 0 fully saturated rings. The molecule has 0 aromatic heterocycles. The van der Waals surface area contributed by atoms with Gasteiger partial charge in [-0.2, -0.15) is 0 Å². The summed E-state index contributed by atoms with van der Waals surface area (Å²) in [6.07, 6.45) is 7.31. The molecule has 5 heteroatoms. The predicted octanol–water partition coefficient (Wildman–Crippen LogP) is 3.15. The van der Waals surface area contributed by atoms with Gasteiger partial charge in [-0.15, -0.1) is 0 Å². The number of nitro benzene ring substituents is 1. The summed E-state index contributed by atoms with van der Waals surface area (Å²) in [6.45, 7) is 0. The Morgan fingerprint density at radius 2 is 2.11 bits per heavy atom. The van der Waals surface area contributed by atoms with E-state index in [4.69, 9.17) is 5.73 Å². The van der Waals surface area contributed by atoms with Gasteiger partial charge < -0.3 is 5.73 Å². The number of hydrogen-bond acceptors (Lipinski definition) is 3.